The molecule has 3 aromatic carbocycles. The Bertz CT molecular complexity index is 1770. The molecule has 3 aliphatic rings. The van der Waals surface area contributed by atoms with Crippen LogP contribution in [0.1, 0.15) is 89.9 Å². The topological polar surface area (TPSA) is 81.2 Å². The van der Waals surface area contributed by atoms with E-state index in [0.29, 0.717) is 52.9 Å². The Morgan fingerprint density at radius 1 is 0.310 bits per heavy atom. The Kier molecular flexibility index (Phi) is 19.3. The lowest BCUT2D eigenvalue weighted by Crippen LogP contribution is -2.11. The summed E-state index contributed by atoms with van der Waals surface area (Å²) in [7, 11) is 0. The number of fused-ring (bicyclic) bond motifs is 2. The average molecular weight is 789 g/mol. The number of nitrogens with zero attached hydrogens (tertiary/aromatic N) is 2. The fraction of sp³-hybridized carbons (Fsp3) is 0.480. The molecule has 0 atom stereocenters. The zero-order valence-electron chi connectivity index (χ0n) is 34.6. The van der Waals surface area contributed by atoms with Gasteiger partial charge in [0.15, 0.2) is 0 Å². The van der Waals surface area contributed by atoms with Crippen LogP contribution in [0, 0.1) is 0 Å². The summed E-state index contributed by atoms with van der Waals surface area (Å²) in [5.74, 6) is 1.61. The smallest absolute Gasteiger partial charge is 0.119 e. The van der Waals surface area contributed by atoms with Crippen molar-refractivity contribution in [1.82, 2.24) is 9.97 Å². The maximum absolute atomic E-state index is 5.95. The van der Waals surface area contributed by atoms with E-state index >= 15 is 0 Å². The molecule has 0 radical (unpaired) electrons. The molecular formula is C50H64N2O6. The average Bonchev–Trinajstić information content (AvgIpc) is 3.26. The first-order chi connectivity index (χ1) is 28.8. The normalized spacial score (nSPS) is 18.0. The minimum Gasteiger partial charge on any atom is -0.491 e. The SMILES string of the molecule is C1=CCCCCCCCCOCCOCCOc2ccc(cc2)-c2ccc3ccc4ccc(nc4c3n2)-c2ccc(cc2)OCCOCCOCCCCCCCC1. The quantitative estimate of drug-likeness (QED) is 0.113. The molecular weight excluding hydrogens is 725 g/mol. The van der Waals surface area contributed by atoms with Crippen LogP contribution in [0.3, 0.4) is 0 Å². The fourth-order valence-electron chi connectivity index (χ4n) is 7.20. The number of aromatic nitrogens is 2. The molecule has 8 rings (SSSR count). The van der Waals surface area contributed by atoms with E-state index in [1.165, 1.54) is 77.0 Å². The van der Waals surface area contributed by atoms with Gasteiger partial charge < -0.3 is 28.4 Å². The fourth-order valence-corrected chi connectivity index (χ4v) is 7.20. The molecule has 2 aromatic heterocycles. The van der Waals surface area contributed by atoms with Crippen molar-refractivity contribution in [2.45, 2.75) is 89.9 Å². The van der Waals surface area contributed by atoms with Crippen LogP contribution in [0.25, 0.3) is 44.3 Å². The van der Waals surface area contributed by atoms with E-state index in [1.54, 1.807) is 0 Å². The van der Waals surface area contributed by atoms with Gasteiger partial charge in [-0.05, 0) is 99.2 Å². The maximum Gasteiger partial charge on any atom is 0.119 e. The second-order valence-electron chi connectivity index (χ2n) is 15.1. The Labute approximate surface area is 346 Å². The van der Waals surface area contributed by atoms with Crippen LogP contribution in [-0.4, -0.2) is 76.0 Å². The summed E-state index contributed by atoms with van der Waals surface area (Å²) >= 11 is 0. The predicted octanol–water partition coefficient (Wildman–Crippen LogP) is 12.0. The van der Waals surface area contributed by atoms with Crippen molar-refractivity contribution in [2.24, 2.45) is 0 Å². The van der Waals surface area contributed by atoms with Crippen LogP contribution in [0.15, 0.2) is 97.1 Å². The number of pyridine rings is 2. The molecule has 8 nitrogen and oxygen atoms in total. The lowest BCUT2D eigenvalue weighted by atomic mass is 10.1. The van der Waals surface area contributed by atoms with Gasteiger partial charge in [0.05, 0.1) is 62.1 Å². The molecule has 0 saturated heterocycles. The molecule has 0 unspecified atom stereocenters. The van der Waals surface area contributed by atoms with Crippen molar-refractivity contribution in [3.05, 3.63) is 97.1 Å². The molecule has 0 spiro atoms. The van der Waals surface area contributed by atoms with Crippen molar-refractivity contribution in [2.75, 3.05) is 66.1 Å². The first-order valence-corrected chi connectivity index (χ1v) is 22.0. The van der Waals surface area contributed by atoms with E-state index in [4.69, 9.17) is 38.4 Å². The highest BCUT2D eigenvalue weighted by molar-refractivity contribution is 6.04. The highest BCUT2D eigenvalue weighted by Crippen LogP contribution is 2.30. The van der Waals surface area contributed by atoms with Gasteiger partial charge in [-0.15, -0.1) is 0 Å². The van der Waals surface area contributed by atoms with Gasteiger partial charge >= 0.3 is 0 Å². The standard InChI is InChI=1S/C50H64N2O6/c1-2-4-6-8-10-12-14-16-32-54-34-36-56-38-40-58-46-27-21-42(22-28-46)48-30-24-44-18-17-43-23-29-47(51-49(43)50(44)52-48)41-19-25-45(26-20-41)57-39-37-55-35-33-53-31-15-13-11-9-7-5-3-1/h1-2,17-30H,3-16,31-40H2. The van der Waals surface area contributed by atoms with E-state index in [0.717, 1.165) is 81.9 Å². The van der Waals surface area contributed by atoms with Gasteiger partial charge in [0.2, 0.25) is 0 Å². The van der Waals surface area contributed by atoms with E-state index in [1.807, 2.05) is 24.3 Å². The Morgan fingerprint density at radius 2 is 0.655 bits per heavy atom. The number of benzene rings is 3. The van der Waals surface area contributed by atoms with Crippen LogP contribution < -0.4 is 9.47 Å². The van der Waals surface area contributed by atoms with Crippen LogP contribution in [0.2, 0.25) is 0 Å². The molecule has 0 amide bonds. The van der Waals surface area contributed by atoms with Gasteiger partial charge in [-0.25, -0.2) is 9.97 Å². The zero-order chi connectivity index (χ0) is 39.7. The highest BCUT2D eigenvalue weighted by atomic mass is 16.5. The van der Waals surface area contributed by atoms with Gasteiger partial charge in [0.1, 0.15) is 24.7 Å². The van der Waals surface area contributed by atoms with Gasteiger partial charge in [-0.1, -0.05) is 87.8 Å². The molecule has 8 bridgehead atoms. The van der Waals surface area contributed by atoms with Gasteiger partial charge in [-0.2, -0.15) is 0 Å². The molecule has 0 N–H and O–H groups in total. The lowest BCUT2D eigenvalue weighted by Gasteiger charge is -2.10. The van der Waals surface area contributed by atoms with Crippen molar-refractivity contribution >= 4 is 21.8 Å². The molecule has 5 aromatic rings. The van der Waals surface area contributed by atoms with Gasteiger partial charge in [0.25, 0.3) is 0 Å². The number of hydrogen-bond acceptors (Lipinski definition) is 8. The second kappa shape index (κ2) is 25.9. The predicted molar refractivity (Wildman–Crippen MR) is 236 cm³/mol. The summed E-state index contributed by atoms with van der Waals surface area (Å²) in [4.78, 5) is 10.2. The lowest BCUT2D eigenvalue weighted by molar-refractivity contribution is 0.0352. The summed E-state index contributed by atoms with van der Waals surface area (Å²) in [6.45, 7) is 6.07. The zero-order valence-corrected chi connectivity index (χ0v) is 34.6. The van der Waals surface area contributed by atoms with Crippen molar-refractivity contribution < 1.29 is 28.4 Å². The molecule has 5 heterocycles. The number of allylic oxidation sites excluding steroid dienone is 2. The van der Waals surface area contributed by atoms with E-state index in [2.05, 4.69) is 72.8 Å². The molecule has 58 heavy (non-hydrogen) atoms. The number of hydrogen-bond donors (Lipinski definition) is 0. The molecule has 0 fully saturated rings. The van der Waals surface area contributed by atoms with Crippen molar-refractivity contribution in [3.8, 4) is 34.0 Å². The van der Waals surface area contributed by atoms with E-state index in [9.17, 15) is 0 Å². The Morgan fingerprint density at radius 3 is 1.09 bits per heavy atom. The first-order valence-electron chi connectivity index (χ1n) is 22.0. The van der Waals surface area contributed by atoms with Crippen LogP contribution >= 0.6 is 0 Å². The molecule has 8 heteroatoms. The van der Waals surface area contributed by atoms with Crippen molar-refractivity contribution in [1.29, 1.82) is 0 Å². The van der Waals surface area contributed by atoms with Crippen molar-refractivity contribution in [3.63, 3.8) is 0 Å². The van der Waals surface area contributed by atoms with E-state index in [-0.39, 0.29) is 0 Å². The third-order valence-electron chi connectivity index (χ3n) is 10.5. The first kappa shape index (κ1) is 43.2. The minimum absolute atomic E-state index is 0.490. The number of rotatable bonds is 0. The van der Waals surface area contributed by atoms with Crippen LogP contribution in [0.4, 0.5) is 0 Å². The Balaban J connectivity index is 0.994. The minimum atomic E-state index is 0.490. The van der Waals surface area contributed by atoms with E-state index < -0.39 is 0 Å². The summed E-state index contributed by atoms with van der Waals surface area (Å²) in [5, 5.41) is 2.10. The third kappa shape index (κ3) is 15.1. The summed E-state index contributed by atoms with van der Waals surface area (Å²) in [6.07, 6.45) is 22.4. The second-order valence-corrected chi connectivity index (χ2v) is 15.1. The molecule has 0 saturated carbocycles. The monoisotopic (exact) mass is 788 g/mol. The molecule has 0 aliphatic carbocycles. The number of ether oxygens (including phenoxy) is 6. The van der Waals surface area contributed by atoms with Crippen LogP contribution in [0.5, 0.6) is 11.5 Å². The maximum atomic E-state index is 5.95. The highest BCUT2D eigenvalue weighted by Gasteiger charge is 2.10. The largest absolute Gasteiger partial charge is 0.491 e. The van der Waals surface area contributed by atoms with Gasteiger partial charge in [-0.3, -0.25) is 0 Å². The van der Waals surface area contributed by atoms with Gasteiger partial charge in [0, 0.05) is 35.1 Å². The summed E-state index contributed by atoms with van der Waals surface area (Å²) in [5.41, 5.74) is 5.57. The summed E-state index contributed by atoms with van der Waals surface area (Å²) in [6, 6.07) is 28.7. The molecule has 310 valence electrons. The summed E-state index contributed by atoms with van der Waals surface area (Å²) < 4.78 is 34.9. The third-order valence-corrected chi connectivity index (χ3v) is 10.5. The molecule has 3 aliphatic heterocycles. The Hall–Kier alpha value is -4.34. The van der Waals surface area contributed by atoms with Crippen LogP contribution in [-0.2, 0) is 18.9 Å².